The normalized spacial score (nSPS) is 17.9. The van der Waals surface area contributed by atoms with E-state index in [1.807, 2.05) is 30.3 Å². The van der Waals surface area contributed by atoms with Crippen molar-refractivity contribution in [2.75, 3.05) is 5.32 Å². The molecule has 120 valence electrons. The topological polar surface area (TPSA) is 78.4 Å². The van der Waals surface area contributed by atoms with Crippen LogP contribution in [0, 0.1) is 17.8 Å². The SMILES string of the molecule is O=C(CC1C#CC1c1ccccc1)Nc1ccc(C(=O)NO)cc1. The highest BCUT2D eigenvalue weighted by Gasteiger charge is 2.27. The first-order chi connectivity index (χ1) is 11.7. The van der Waals surface area contributed by atoms with E-state index in [1.165, 1.54) is 12.1 Å². The van der Waals surface area contributed by atoms with E-state index in [0.29, 0.717) is 17.7 Å². The van der Waals surface area contributed by atoms with Crippen molar-refractivity contribution in [2.45, 2.75) is 12.3 Å². The molecule has 2 amide bonds. The second-order valence-electron chi connectivity index (χ2n) is 5.55. The summed E-state index contributed by atoms with van der Waals surface area (Å²) in [5, 5.41) is 11.4. The molecule has 0 bridgehead atoms. The highest BCUT2D eigenvalue weighted by Crippen LogP contribution is 2.32. The molecular formula is C19H16N2O3. The fraction of sp³-hybridized carbons (Fsp3) is 0.158. The number of hydroxylamine groups is 1. The molecule has 5 heteroatoms. The Bertz CT molecular complexity index is 804. The number of hydrogen-bond donors (Lipinski definition) is 3. The number of benzene rings is 2. The van der Waals surface area contributed by atoms with Crippen molar-refractivity contribution >= 4 is 17.5 Å². The molecule has 2 unspecified atom stereocenters. The number of carbonyl (C=O) groups is 2. The van der Waals surface area contributed by atoms with Crippen molar-refractivity contribution in [1.82, 2.24) is 5.48 Å². The molecule has 2 aromatic rings. The van der Waals surface area contributed by atoms with Crippen LogP contribution < -0.4 is 10.8 Å². The van der Waals surface area contributed by atoms with E-state index in [-0.39, 0.29) is 17.7 Å². The van der Waals surface area contributed by atoms with Crippen LogP contribution in [0.4, 0.5) is 5.69 Å². The Balaban J connectivity index is 1.57. The molecule has 5 nitrogen and oxygen atoms in total. The lowest BCUT2D eigenvalue weighted by atomic mass is 9.78. The van der Waals surface area contributed by atoms with Crippen LogP contribution in [0.5, 0.6) is 0 Å². The molecule has 0 spiro atoms. The molecule has 0 saturated heterocycles. The van der Waals surface area contributed by atoms with Gasteiger partial charge in [0.2, 0.25) is 5.91 Å². The fourth-order valence-electron chi connectivity index (χ4n) is 2.61. The molecule has 0 radical (unpaired) electrons. The molecule has 2 aromatic carbocycles. The van der Waals surface area contributed by atoms with Crippen LogP contribution in [-0.4, -0.2) is 17.0 Å². The Morgan fingerprint density at radius 2 is 1.71 bits per heavy atom. The van der Waals surface area contributed by atoms with E-state index in [1.54, 1.807) is 17.6 Å². The Morgan fingerprint density at radius 1 is 1.00 bits per heavy atom. The van der Waals surface area contributed by atoms with Gasteiger partial charge in [0.15, 0.2) is 0 Å². The summed E-state index contributed by atoms with van der Waals surface area (Å²) in [5.41, 5.74) is 3.60. The molecule has 0 aliphatic heterocycles. The summed E-state index contributed by atoms with van der Waals surface area (Å²) in [6.45, 7) is 0. The average Bonchev–Trinajstić information content (AvgIpc) is 2.59. The second-order valence-corrected chi connectivity index (χ2v) is 5.55. The lowest BCUT2D eigenvalue weighted by Crippen LogP contribution is -2.24. The number of hydrogen-bond acceptors (Lipinski definition) is 3. The number of anilines is 1. The van der Waals surface area contributed by atoms with Gasteiger partial charge in [-0.3, -0.25) is 14.8 Å². The molecule has 3 rings (SSSR count). The largest absolute Gasteiger partial charge is 0.326 e. The maximum Gasteiger partial charge on any atom is 0.274 e. The van der Waals surface area contributed by atoms with Crippen LogP contribution in [0.2, 0.25) is 0 Å². The molecule has 24 heavy (non-hydrogen) atoms. The molecule has 2 atom stereocenters. The minimum absolute atomic E-state index is 0.0202. The number of carbonyl (C=O) groups excluding carboxylic acids is 2. The smallest absolute Gasteiger partial charge is 0.274 e. The monoisotopic (exact) mass is 320 g/mol. The zero-order chi connectivity index (χ0) is 16.9. The van der Waals surface area contributed by atoms with Gasteiger partial charge >= 0.3 is 0 Å². The lowest BCUT2D eigenvalue weighted by molar-refractivity contribution is -0.116. The molecular weight excluding hydrogens is 304 g/mol. The molecule has 0 saturated carbocycles. The Labute approximate surface area is 139 Å². The average molecular weight is 320 g/mol. The highest BCUT2D eigenvalue weighted by atomic mass is 16.5. The number of amides is 2. The van der Waals surface area contributed by atoms with Gasteiger partial charge in [-0.25, -0.2) is 5.48 Å². The summed E-state index contributed by atoms with van der Waals surface area (Å²) in [6.07, 6.45) is 0.325. The zero-order valence-electron chi connectivity index (χ0n) is 12.8. The van der Waals surface area contributed by atoms with Crippen molar-refractivity contribution in [3.63, 3.8) is 0 Å². The van der Waals surface area contributed by atoms with Crippen LogP contribution in [0.3, 0.4) is 0 Å². The summed E-state index contributed by atoms with van der Waals surface area (Å²) >= 11 is 0. The van der Waals surface area contributed by atoms with E-state index in [2.05, 4.69) is 17.2 Å². The predicted molar refractivity (Wildman–Crippen MR) is 89.4 cm³/mol. The van der Waals surface area contributed by atoms with Crippen molar-refractivity contribution < 1.29 is 14.8 Å². The second kappa shape index (κ2) is 6.99. The standard InChI is InChI=1S/C19H16N2O3/c22-18(20-16-9-6-14(7-10-16)19(23)21-24)12-15-8-11-17(15)13-4-2-1-3-5-13/h1-7,9-10,15,17,24H,12H2,(H,20,22)(H,21,23). The van der Waals surface area contributed by atoms with E-state index in [9.17, 15) is 9.59 Å². The third kappa shape index (κ3) is 3.45. The Hall–Kier alpha value is -3.10. The third-order valence-corrected chi connectivity index (χ3v) is 3.92. The first-order valence-corrected chi connectivity index (χ1v) is 7.58. The summed E-state index contributed by atoms with van der Waals surface area (Å²) in [6, 6.07) is 16.2. The van der Waals surface area contributed by atoms with Gasteiger partial charge in [0.1, 0.15) is 0 Å². The summed E-state index contributed by atoms with van der Waals surface area (Å²) in [7, 11) is 0. The van der Waals surface area contributed by atoms with Gasteiger partial charge in [-0.1, -0.05) is 42.2 Å². The van der Waals surface area contributed by atoms with E-state index >= 15 is 0 Å². The van der Waals surface area contributed by atoms with E-state index < -0.39 is 5.91 Å². The van der Waals surface area contributed by atoms with Gasteiger partial charge in [0, 0.05) is 23.6 Å². The third-order valence-electron chi connectivity index (χ3n) is 3.92. The lowest BCUT2D eigenvalue weighted by Gasteiger charge is -2.24. The predicted octanol–water partition coefficient (Wildman–Crippen LogP) is 2.55. The zero-order valence-corrected chi connectivity index (χ0v) is 12.8. The molecule has 0 aromatic heterocycles. The van der Waals surface area contributed by atoms with Gasteiger partial charge in [0.25, 0.3) is 5.91 Å². The van der Waals surface area contributed by atoms with Gasteiger partial charge in [-0.05, 0) is 29.8 Å². The van der Waals surface area contributed by atoms with E-state index in [4.69, 9.17) is 5.21 Å². The summed E-state index contributed by atoms with van der Waals surface area (Å²) in [5.74, 6) is 5.57. The first-order valence-electron chi connectivity index (χ1n) is 7.58. The van der Waals surface area contributed by atoms with Crippen LogP contribution in [0.15, 0.2) is 54.6 Å². The Kier molecular flexibility index (Phi) is 4.59. The van der Waals surface area contributed by atoms with Crippen LogP contribution >= 0.6 is 0 Å². The van der Waals surface area contributed by atoms with Gasteiger partial charge in [-0.15, -0.1) is 0 Å². The highest BCUT2D eigenvalue weighted by molar-refractivity contribution is 5.95. The minimum atomic E-state index is -0.594. The van der Waals surface area contributed by atoms with Crippen molar-refractivity contribution in [3.05, 3.63) is 65.7 Å². The van der Waals surface area contributed by atoms with E-state index in [0.717, 1.165) is 5.56 Å². The van der Waals surface area contributed by atoms with Crippen molar-refractivity contribution in [3.8, 4) is 11.8 Å². The summed E-state index contributed by atoms with van der Waals surface area (Å²) in [4.78, 5) is 23.4. The quantitative estimate of drug-likeness (QED) is 0.450. The van der Waals surface area contributed by atoms with Crippen LogP contribution in [0.1, 0.15) is 28.3 Å². The summed E-state index contributed by atoms with van der Waals surface area (Å²) < 4.78 is 0. The van der Waals surface area contributed by atoms with Crippen LogP contribution in [-0.2, 0) is 4.79 Å². The molecule has 0 fully saturated rings. The van der Waals surface area contributed by atoms with Crippen LogP contribution in [0.25, 0.3) is 0 Å². The van der Waals surface area contributed by atoms with Gasteiger partial charge in [0.05, 0.1) is 5.92 Å². The molecule has 1 aliphatic rings. The first kappa shape index (κ1) is 15.8. The van der Waals surface area contributed by atoms with Gasteiger partial charge < -0.3 is 5.32 Å². The fourth-order valence-corrected chi connectivity index (χ4v) is 2.61. The van der Waals surface area contributed by atoms with Crippen molar-refractivity contribution in [2.24, 2.45) is 5.92 Å². The molecule has 0 heterocycles. The van der Waals surface area contributed by atoms with Crippen molar-refractivity contribution in [1.29, 1.82) is 0 Å². The maximum absolute atomic E-state index is 12.2. The minimum Gasteiger partial charge on any atom is -0.326 e. The number of nitrogens with one attached hydrogen (secondary N) is 2. The van der Waals surface area contributed by atoms with Gasteiger partial charge in [-0.2, -0.15) is 0 Å². The number of rotatable bonds is 5. The molecule has 1 aliphatic carbocycles. The Morgan fingerprint density at radius 3 is 2.29 bits per heavy atom. The molecule has 3 N–H and O–H groups in total. The maximum atomic E-state index is 12.2.